The lowest BCUT2D eigenvalue weighted by atomic mass is 10.2. The van der Waals surface area contributed by atoms with Crippen molar-refractivity contribution in [3.8, 4) is 0 Å². The summed E-state index contributed by atoms with van der Waals surface area (Å²) in [7, 11) is -3.54. The van der Waals surface area contributed by atoms with Gasteiger partial charge >= 0.3 is 0 Å². The Morgan fingerprint density at radius 3 is 1.89 bits per heavy atom. The van der Waals surface area contributed by atoms with Crippen LogP contribution in [0.3, 0.4) is 0 Å². The fraction of sp³-hybridized carbons (Fsp3) is 0.300. The van der Waals surface area contributed by atoms with E-state index in [9.17, 15) is 18.0 Å². The summed E-state index contributed by atoms with van der Waals surface area (Å²) < 4.78 is 27.1. The van der Waals surface area contributed by atoms with Crippen LogP contribution in [0.1, 0.15) is 46.4 Å². The van der Waals surface area contributed by atoms with Crippen molar-refractivity contribution in [1.82, 2.24) is 4.31 Å². The van der Waals surface area contributed by atoms with Gasteiger partial charge in [-0.05, 0) is 61.4 Å². The van der Waals surface area contributed by atoms with Crippen LogP contribution in [0.5, 0.6) is 0 Å². The summed E-state index contributed by atoms with van der Waals surface area (Å²) in [5.74, 6) is -0.912. The zero-order valence-electron chi connectivity index (χ0n) is 15.4. The molecule has 0 saturated carbocycles. The monoisotopic (exact) mass is 401 g/mol. The third kappa shape index (κ3) is 4.58. The second kappa shape index (κ2) is 8.53. The van der Waals surface area contributed by atoms with Crippen LogP contribution in [0, 0.1) is 0 Å². The standard InChI is InChI=1S/C20H23N3O4S/c21-19(24)15-5-9-17(10-6-15)22-20(25)16-7-11-18(12-8-16)28(26,27)23-13-3-1-2-4-14-23/h5-12H,1-4,13-14H2,(H2,21,24)(H,22,25). The lowest BCUT2D eigenvalue weighted by Crippen LogP contribution is -2.31. The Morgan fingerprint density at radius 1 is 0.821 bits per heavy atom. The number of anilines is 1. The van der Waals surface area contributed by atoms with E-state index in [-0.39, 0.29) is 10.8 Å². The van der Waals surface area contributed by atoms with Crippen LogP contribution in [-0.2, 0) is 10.0 Å². The fourth-order valence-corrected chi connectivity index (χ4v) is 4.65. The van der Waals surface area contributed by atoms with Crippen molar-refractivity contribution in [1.29, 1.82) is 0 Å². The van der Waals surface area contributed by atoms with Crippen LogP contribution in [0.15, 0.2) is 53.4 Å². The Balaban J connectivity index is 1.70. The van der Waals surface area contributed by atoms with Gasteiger partial charge in [0.25, 0.3) is 5.91 Å². The van der Waals surface area contributed by atoms with Gasteiger partial charge in [0.15, 0.2) is 0 Å². The second-order valence-corrected chi connectivity index (χ2v) is 8.68. The van der Waals surface area contributed by atoms with Crippen molar-refractivity contribution in [3.63, 3.8) is 0 Å². The molecule has 2 aromatic carbocycles. The molecule has 0 bridgehead atoms. The zero-order chi connectivity index (χ0) is 20.1. The Labute approximate surface area is 164 Å². The van der Waals surface area contributed by atoms with Crippen molar-refractivity contribution in [2.75, 3.05) is 18.4 Å². The number of nitrogens with two attached hydrogens (primary N) is 1. The maximum Gasteiger partial charge on any atom is 0.255 e. The van der Waals surface area contributed by atoms with Crippen molar-refractivity contribution < 1.29 is 18.0 Å². The molecule has 7 nitrogen and oxygen atoms in total. The normalized spacial score (nSPS) is 15.6. The summed E-state index contributed by atoms with van der Waals surface area (Å²) in [4.78, 5) is 23.7. The second-order valence-electron chi connectivity index (χ2n) is 6.74. The Morgan fingerprint density at radius 2 is 1.36 bits per heavy atom. The molecule has 1 aliphatic rings. The van der Waals surface area contributed by atoms with Crippen molar-refractivity contribution in [2.45, 2.75) is 30.6 Å². The Bertz CT molecular complexity index is 946. The number of carbonyl (C=O) groups is 2. The number of rotatable bonds is 5. The first-order valence-electron chi connectivity index (χ1n) is 9.19. The molecule has 1 saturated heterocycles. The first-order chi connectivity index (χ1) is 13.4. The minimum Gasteiger partial charge on any atom is -0.366 e. The SMILES string of the molecule is NC(=O)c1ccc(NC(=O)c2ccc(S(=O)(=O)N3CCCCCC3)cc2)cc1. The van der Waals surface area contributed by atoms with Crippen LogP contribution in [0.4, 0.5) is 5.69 Å². The quantitative estimate of drug-likeness (QED) is 0.802. The van der Waals surface area contributed by atoms with Crippen LogP contribution in [0.25, 0.3) is 0 Å². The van der Waals surface area contributed by atoms with E-state index in [0.717, 1.165) is 25.7 Å². The van der Waals surface area contributed by atoms with Crippen LogP contribution < -0.4 is 11.1 Å². The molecular formula is C20H23N3O4S. The van der Waals surface area contributed by atoms with Gasteiger partial charge in [-0.15, -0.1) is 0 Å². The molecule has 1 fully saturated rings. The highest BCUT2D eigenvalue weighted by Gasteiger charge is 2.25. The summed E-state index contributed by atoms with van der Waals surface area (Å²) in [6.07, 6.45) is 3.83. The highest BCUT2D eigenvalue weighted by molar-refractivity contribution is 7.89. The fourth-order valence-electron chi connectivity index (χ4n) is 3.13. The minimum absolute atomic E-state index is 0.191. The van der Waals surface area contributed by atoms with Gasteiger partial charge in [0, 0.05) is 29.9 Å². The van der Waals surface area contributed by atoms with E-state index in [1.54, 1.807) is 12.1 Å². The number of amides is 2. The zero-order valence-corrected chi connectivity index (χ0v) is 16.2. The van der Waals surface area contributed by atoms with Gasteiger partial charge < -0.3 is 11.1 Å². The topological polar surface area (TPSA) is 110 Å². The molecule has 2 amide bonds. The summed E-state index contributed by atoms with van der Waals surface area (Å²) in [5, 5.41) is 2.70. The number of hydrogen-bond acceptors (Lipinski definition) is 4. The number of primary amides is 1. The van der Waals surface area contributed by atoms with E-state index in [1.807, 2.05) is 0 Å². The predicted molar refractivity (Wildman–Crippen MR) is 107 cm³/mol. The molecule has 2 aromatic rings. The molecular weight excluding hydrogens is 378 g/mol. The lowest BCUT2D eigenvalue weighted by Gasteiger charge is -2.20. The third-order valence-corrected chi connectivity index (χ3v) is 6.66. The summed E-state index contributed by atoms with van der Waals surface area (Å²) in [6.45, 7) is 1.07. The van der Waals surface area contributed by atoms with Crippen LogP contribution in [0.2, 0.25) is 0 Å². The number of benzene rings is 2. The van der Waals surface area contributed by atoms with Gasteiger partial charge in [0.05, 0.1) is 4.90 Å². The van der Waals surface area contributed by atoms with Crippen LogP contribution >= 0.6 is 0 Å². The van der Waals surface area contributed by atoms with Crippen molar-refractivity contribution >= 4 is 27.5 Å². The summed E-state index contributed by atoms with van der Waals surface area (Å²) in [5.41, 5.74) is 6.39. The number of carbonyl (C=O) groups excluding carboxylic acids is 2. The van der Waals surface area contributed by atoms with Crippen molar-refractivity contribution in [2.24, 2.45) is 5.73 Å². The Kier molecular flexibility index (Phi) is 6.11. The van der Waals surface area contributed by atoms with E-state index in [2.05, 4.69) is 5.32 Å². The number of nitrogens with one attached hydrogen (secondary N) is 1. The molecule has 3 N–H and O–H groups in total. The maximum absolute atomic E-state index is 12.8. The van der Waals surface area contributed by atoms with Gasteiger partial charge in [-0.1, -0.05) is 12.8 Å². The van der Waals surface area contributed by atoms with Gasteiger partial charge in [-0.25, -0.2) is 8.42 Å². The lowest BCUT2D eigenvalue weighted by molar-refractivity contribution is 0.0998. The van der Waals surface area contributed by atoms with E-state index >= 15 is 0 Å². The van der Waals surface area contributed by atoms with Gasteiger partial charge in [0.2, 0.25) is 15.9 Å². The van der Waals surface area contributed by atoms with Gasteiger partial charge in [-0.2, -0.15) is 4.31 Å². The summed E-state index contributed by atoms with van der Waals surface area (Å²) >= 11 is 0. The predicted octanol–water partition coefficient (Wildman–Crippen LogP) is 2.60. The third-order valence-electron chi connectivity index (χ3n) is 4.75. The maximum atomic E-state index is 12.8. The van der Waals surface area contributed by atoms with Crippen LogP contribution in [-0.4, -0.2) is 37.6 Å². The molecule has 3 rings (SSSR count). The largest absolute Gasteiger partial charge is 0.366 e. The highest BCUT2D eigenvalue weighted by atomic mass is 32.2. The molecule has 1 heterocycles. The average Bonchev–Trinajstić information content (AvgIpc) is 2.98. The Hall–Kier alpha value is -2.71. The smallest absolute Gasteiger partial charge is 0.255 e. The minimum atomic E-state index is -3.54. The molecule has 0 atom stereocenters. The molecule has 0 spiro atoms. The first-order valence-corrected chi connectivity index (χ1v) is 10.6. The number of nitrogens with zero attached hydrogens (tertiary/aromatic N) is 1. The molecule has 28 heavy (non-hydrogen) atoms. The molecule has 0 aliphatic carbocycles. The molecule has 148 valence electrons. The molecule has 0 radical (unpaired) electrons. The van der Waals surface area contributed by atoms with E-state index in [1.165, 1.54) is 40.7 Å². The molecule has 0 unspecified atom stereocenters. The summed E-state index contributed by atoms with van der Waals surface area (Å²) in [6, 6.07) is 12.1. The van der Waals surface area contributed by atoms with E-state index < -0.39 is 15.9 Å². The molecule has 0 aromatic heterocycles. The highest BCUT2D eigenvalue weighted by Crippen LogP contribution is 2.21. The number of hydrogen-bond donors (Lipinski definition) is 2. The number of sulfonamides is 1. The molecule has 1 aliphatic heterocycles. The van der Waals surface area contributed by atoms with Gasteiger partial charge in [-0.3, -0.25) is 9.59 Å². The van der Waals surface area contributed by atoms with E-state index in [4.69, 9.17) is 5.73 Å². The average molecular weight is 401 g/mol. The van der Waals surface area contributed by atoms with E-state index in [0.29, 0.717) is 29.9 Å². The van der Waals surface area contributed by atoms with Crippen molar-refractivity contribution in [3.05, 3.63) is 59.7 Å². The van der Waals surface area contributed by atoms with Gasteiger partial charge in [0.1, 0.15) is 0 Å². The first kappa shape index (κ1) is 20.0. The molecule has 8 heteroatoms.